The van der Waals surface area contributed by atoms with Crippen molar-refractivity contribution in [3.05, 3.63) is 29.8 Å². The average Bonchev–Trinajstić information content (AvgIpc) is 2.15. The fourth-order valence-electron chi connectivity index (χ4n) is 1.06. The van der Waals surface area contributed by atoms with E-state index >= 15 is 0 Å². The molecule has 1 amide bonds. The minimum absolute atomic E-state index is 0.347. The van der Waals surface area contributed by atoms with Gasteiger partial charge in [-0.3, -0.25) is 5.32 Å². The van der Waals surface area contributed by atoms with Crippen LogP contribution in [0.15, 0.2) is 18.2 Å². The quantitative estimate of drug-likeness (QED) is 0.825. The lowest BCUT2D eigenvalue weighted by atomic mass is 10.2. The van der Waals surface area contributed by atoms with Gasteiger partial charge >= 0.3 is 6.09 Å². The van der Waals surface area contributed by atoms with Crippen LogP contribution in [0.1, 0.15) is 19.4 Å². The molecular weight excluding hydrogens is 190 g/mol. The summed E-state index contributed by atoms with van der Waals surface area (Å²) in [6, 6.07) is 8.36. The molecule has 0 aliphatic carbocycles. The molecule has 81 valence electrons. The lowest BCUT2D eigenvalue weighted by molar-refractivity contribution is 0.147. The zero-order chi connectivity index (χ0) is 11.3. The number of rotatable bonds is 3. The van der Waals surface area contributed by atoms with Crippen LogP contribution in [0, 0.1) is 18.9 Å². The Morgan fingerprint density at radius 3 is 2.87 bits per heavy atom. The number of aryl methyl sites for hydroxylation is 1. The van der Waals surface area contributed by atoms with Crippen molar-refractivity contribution in [1.29, 1.82) is 0 Å². The molecule has 3 nitrogen and oxygen atoms in total. The van der Waals surface area contributed by atoms with E-state index in [1.54, 1.807) is 6.07 Å². The van der Waals surface area contributed by atoms with Crippen LogP contribution in [0.5, 0.6) is 0 Å². The third-order valence-electron chi connectivity index (χ3n) is 1.73. The van der Waals surface area contributed by atoms with Gasteiger partial charge in [0.2, 0.25) is 0 Å². The first kappa shape index (κ1) is 11.6. The minimum atomic E-state index is -0.414. The predicted octanol–water partition coefficient (Wildman–Crippen LogP) is 3.00. The second-order valence-electron chi connectivity index (χ2n) is 3.92. The first-order valence-electron chi connectivity index (χ1n) is 4.99. The molecule has 1 N–H and O–H groups in total. The first-order valence-corrected chi connectivity index (χ1v) is 4.99. The molecule has 0 aliphatic rings. The predicted molar refractivity (Wildman–Crippen MR) is 59.8 cm³/mol. The smallest absolute Gasteiger partial charge is 0.411 e. The summed E-state index contributed by atoms with van der Waals surface area (Å²) in [6.45, 7) is 6.37. The van der Waals surface area contributed by atoms with Crippen LogP contribution < -0.4 is 5.32 Å². The number of hydrogen-bond acceptors (Lipinski definition) is 2. The molecule has 0 spiro atoms. The Balaban J connectivity index is 2.44. The van der Waals surface area contributed by atoms with Gasteiger partial charge in [0.15, 0.2) is 0 Å². The van der Waals surface area contributed by atoms with Crippen LogP contribution in [0.25, 0.3) is 0 Å². The van der Waals surface area contributed by atoms with Crippen molar-refractivity contribution in [3.8, 4) is 0 Å². The number of carbonyl (C=O) groups is 1. The van der Waals surface area contributed by atoms with E-state index in [4.69, 9.17) is 4.74 Å². The molecular formula is C12H16NO2. The molecule has 0 saturated carbocycles. The standard InChI is InChI=1S/C12H16NO2/c1-9(2)8-15-12(14)13-11-6-4-5-10(3)7-11/h5-7,9H,8H2,1-3H3,(H,13,14). The number of nitrogens with one attached hydrogen (secondary N) is 1. The molecule has 0 atom stereocenters. The van der Waals surface area contributed by atoms with E-state index < -0.39 is 6.09 Å². The molecule has 3 heteroatoms. The van der Waals surface area contributed by atoms with Gasteiger partial charge in [-0.2, -0.15) is 0 Å². The van der Waals surface area contributed by atoms with Gasteiger partial charge in [0, 0.05) is 5.69 Å². The number of ether oxygens (including phenoxy) is 1. The van der Waals surface area contributed by atoms with Crippen molar-refractivity contribution >= 4 is 11.8 Å². The molecule has 0 fully saturated rings. The van der Waals surface area contributed by atoms with Gasteiger partial charge < -0.3 is 4.74 Å². The summed E-state index contributed by atoms with van der Waals surface area (Å²) in [5, 5.41) is 2.65. The van der Waals surface area contributed by atoms with E-state index in [1.807, 2.05) is 32.9 Å². The van der Waals surface area contributed by atoms with E-state index in [2.05, 4.69) is 11.4 Å². The first-order chi connectivity index (χ1) is 7.08. The molecule has 0 unspecified atom stereocenters. The van der Waals surface area contributed by atoms with Crippen LogP contribution in [-0.2, 0) is 4.74 Å². The molecule has 1 aromatic rings. The van der Waals surface area contributed by atoms with Crippen LogP contribution in [0.4, 0.5) is 10.5 Å². The summed E-state index contributed by atoms with van der Waals surface area (Å²) >= 11 is 0. The fourth-order valence-corrected chi connectivity index (χ4v) is 1.06. The van der Waals surface area contributed by atoms with Gasteiger partial charge in [-0.1, -0.05) is 19.9 Å². The van der Waals surface area contributed by atoms with Gasteiger partial charge in [-0.15, -0.1) is 0 Å². The minimum Gasteiger partial charge on any atom is -0.449 e. The monoisotopic (exact) mass is 206 g/mol. The molecule has 0 saturated heterocycles. The molecule has 0 aliphatic heterocycles. The Bertz CT molecular complexity index is 334. The highest BCUT2D eigenvalue weighted by atomic mass is 16.5. The zero-order valence-electron chi connectivity index (χ0n) is 9.33. The molecule has 1 aromatic carbocycles. The van der Waals surface area contributed by atoms with Crippen molar-refractivity contribution in [2.75, 3.05) is 11.9 Å². The Morgan fingerprint density at radius 2 is 2.27 bits per heavy atom. The van der Waals surface area contributed by atoms with E-state index in [0.717, 1.165) is 5.56 Å². The Labute approximate surface area is 90.4 Å². The maximum absolute atomic E-state index is 11.3. The van der Waals surface area contributed by atoms with Gasteiger partial charge in [0.1, 0.15) is 0 Å². The number of hydrogen-bond donors (Lipinski definition) is 1. The molecule has 1 radical (unpaired) electrons. The normalized spacial score (nSPS) is 10.1. The maximum Gasteiger partial charge on any atom is 0.411 e. The number of benzene rings is 1. The second-order valence-corrected chi connectivity index (χ2v) is 3.92. The summed E-state index contributed by atoms with van der Waals surface area (Å²) in [6.07, 6.45) is -0.414. The zero-order valence-corrected chi connectivity index (χ0v) is 9.33. The summed E-state index contributed by atoms with van der Waals surface area (Å²) < 4.78 is 4.98. The summed E-state index contributed by atoms with van der Waals surface area (Å²) in [5.74, 6) is 0.347. The average molecular weight is 206 g/mol. The fraction of sp³-hybridized carbons (Fsp3) is 0.417. The summed E-state index contributed by atoms with van der Waals surface area (Å²) in [7, 11) is 0. The van der Waals surface area contributed by atoms with Crippen LogP contribution >= 0.6 is 0 Å². The highest BCUT2D eigenvalue weighted by Gasteiger charge is 2.04. The summed E-state index contributed by atoms with van der Waals surface area (Å²) in [5.41, 5.74) is 1.76. The molecule has 15 heavy (non-hydrogen) atoms. The molecule has 1 rings (SSSR count). The Kier molecular flexibility index (Phi) is 4.16. The van der Waals surface area contributed by atoms with Crippen LogP contribution in [0.2, 0.25) is 0 Å². The topological polar surface area (TPSA) is 38.3 Å². The number of anilines is 1. The maximum atomic E-state index is 11.3. The Hall–Kier alpha value is -1.51. The van der Waals surface area contributed by atoms with Crippen molar-refractivity contribution in [1.82, 2.24) is 0 Å². The van der Waals surface area contributed by atoms with E-state index in [0.29, 0.717) is 18.2 Å². The van der Waals surface area contributed by atoms with E-state index in [-0.39, 0.29) is 0 Å². The molecule has 0 heterocycles. The lowest BCUT2D eigenvalue weighted by Crippen LogP contribution is -2.16. The molecule has 0 aromatic heterocycles. The number of carbonyl (C=O) groups excluding carboxylic acids is 1. The van der Waals surface area contributed by atoms with Crippen molar-refractivity contribution in [2.24, 2.45) is 5.92 Å². The summed E-state index contributed by atoms with van der Waals surface area (Å²) in [4.78, 5) is 11.3. The SMILES string of the molecule is Cc1c[c]cc(NC(=O)OCC(C)C)c1. The van der Waals surface area contributed by atoms with E-state index in [1.165, 1.54) is 0 Å². The van der Waals surface area contributed by atoms with Gasteiger partial charge in [0.05, 0.1) is 6.61 Å². The van der Waals surface area contributed by atoms with Gasteiger partial charge in [-0.05, 0) is 36.6 Å². The largest absolute Gasteiger partial charge is 0.449 e. The lowest BCUT2D eigenvalue weighted by Gasteiger charge is -2.08. The van der Waals surface area contributed by atoms with Crippen molar-refractivity contribution in [2.45, 2.75) is 20.8 Å². The van der Waals surface area contributed by atoms with Crippen molar-refractivity contribution in [3.63, 3.8) is 0 Å². The molecule has 0 bridgehead atoms. The van der Waals surface area contributed by atoms with E-state index in [9.17, 15) is 4.79 Å². The Morgan fingerprint density at radius 1 is 1.53 bits per heavy atom. The number of amides is 1. The van der Waals surface area contributed by atoms with Crippen molar-refractivity contribution < 1.29 is 9.53 Å². The van der Waals surface area contributed by atoms with Gasteiger partial charge in [-0.25, -0.2) is 4.79 Å². The second kappa shape index (κ2) is 5.39. The highest BCUT2D eigenvalue weighted by molar-refractivity contribution is 5.84. The third kappa shape index (κ3) is 4.49. The van der Waals surface area contributed by atoms with Crippen LogP contribution in [0.3, 0.4) is 0 Å². The van der Waals surface area contributed by atoms with Crippen LogP contribution in [-0.4, -0.2) is 12.7 Å². The van der Waals surface area contributed by atoms with Gasteiger partial charge in [0.25, 0.3) is 0 Å². The third-order valence-corrected chi connectivity index (χ3v) is 1.73. The highest BCUT2D eigenvalue weighted by Crippen LogP contribution is 2.09.